The first-order chi connectivity index (χ1) is 14.8. The summed E-state index contributed by atoms with van der Waals surface area (Å²) in [4.78, 5) is 7.66. The Bertz CT molecular complexity index is 1390. The van der Waals surface area contributed by atoms with Gasteiger partial charge in [-0.3, -0.25) is 4.98 Å². The second-order valence-electron chi connectivity index (χ2n) is 6.97. The summed E-state index contributed by atoms with van der Waals surface area (Å²) in [5, 5.41) is 7.27. The molecule has 160 valence electrons. The first kappa shape index (κ1) is 21.2. The number of rotatable bonds is 6. The summed E-state index contributed by atoms with van der Waals surface area (Å²) in [6.45, 7) is 2.30. The van der Waals surface area contributed by atoms with E-state index in [-0.39, 0.29) is 4.90 Å². The molecule has 0 amide bonds. The van der Waals surface area contributed by atoms with E-state index < -0.39 is 15.8 Å². The lowest BCUT2D eigenvalue weighted by atomic mass is 10.1. The van der Waals surface area contributed by atoms with Crippen LogP contribution in [0.15, 0.2) is 59.9 Å². The molecule has 1 aromatic carbocycles. The minimum atomic E-state index is -4.07. The lowest BCUT2D eigenvalue weighted by Crippen LogP contribution is -2.13. The van der Waals surface area contributed by atoms with Crippen LogP contribution < -0.4 is 10.6 Å². The van der Waals surface area contributed by atoms with Crippen molar-refractivity contribution in [2.24, 2.45) is 0 Å². The Morgan fingerprint density at radius 2 is 1.97 bits per heavy atom. The van der Waals surface area contributed by atoms with Gasteiger partial charge in [-0.05, 0) is 49.9 Å². The van der Waals surface area contributed by atoms with Gasteiger partial charge in [0.2, 0.25) is 0 Å². The number of fused-ring (bicyclic) bond motifs is 1. The van der Waals surface area contributed by atoms with Crippen molar-refractivity contribution in [3.63, 3.8) is 0 Å². The monoisotopic (exact) mass is 459 g/mol. The van der Waals surface area contributed by atoms with Crippen molar-refractivity contribution >= 4 is 43.9 Å². The molecule has 3 aromatic heterocycles. The molecule has 0 fully saturated rings. The molecule has 3 heterocycles. The van der Waals surface area contributed by atoms with Crippen molar-refractivity contribution in [3.8, 4) is 0 Å². The molecule has 0 aliphatic rings. The number of aryl methyl sites for hydroxylation is 1. The normalized spacial score (nSPS) is 11.7. The predicted octanol–water partition coefficient (Wildman–Crippen LogP) is 4.23. The second-order valence-corrected chi connectivity index (χ2v) is 9.15. The van der Waals surface area contributed by atoms with Gasteiger partial charge in [-0.2, -0.15) is 0 Å². The van der Waals surface area contributed by atoms with Crippen LogP contribution in [0.4, 0.5) is 15.8 Å². The van der Waals surface area contributed by atoms with E-state index in [1.165, 1.54) is 6.20 Å². The van der Waals surface area contributed by atoms with Crippen molar-refractivity contribution < 1.29 is 12.8 Å². The van der Waals surface area contributed by atoms with Gasteiger partial charge >= 0.3 is 0 Å². The summed E-state index contributed by atoms with van der Waals surface area (Å²) in [5.74, 6) is -0.725. The Kier molecular flexibility index (Phi) is 5.65. The Hall–Kier alpha value is -3.01. The maximum absolute atomic E-state index is 13.7. The highest BCUT2D eigenvalue weighted by molar-refractivity contribution is 7.90. The molecule has 0 aliphatic carbocycles. The number of nitrogens with one attached hydrogen (secondary N) is 2. The Labute approximate surface area is 184 Å². The lowest BCUT2D eigenvalue weighted by Gasteiger charge is -2.11. The van der Waals surface area contributed by atoms with E-state index in [4.69, 9.17) is 11.6 Å². The molecule has 2 N–H and O–H groups in total. The molecular weight excluding hydrogens is 441 g/mol. The van der Waals surface area contributed by atoms with Crippen LogP contribution in [0.25, 0.3) is 10.9 Å². The molecule has 0 atom stereocenters. The van der Waals surface area contributed by atoms with Crippen molar-refractivity contribution in [1.29, 1.82) is 0 Å². The average Bonchev–Trinajstić information content (AvgIpc) is 3.09. The van der Waals surface area contributed by atoms with Gasteiger partial charge in [-0.1, -0.05) is 17.7 Å². The third-order valence-corrected chi connectivity index (χ3v) is 6.65. The molecule has 0 unspecified atom stereocenters. The van der Waals surface area contributed by atoms with E-state index in [1.807, 2.05) is 25.1 Å². The third kappa shape index (κ3) is 4.12. The summed E-state index contributed by atoms with van der Waals surface area (Å²) >= 11 is 6.22. The van der Waals surface area contributed by atoms with Gasteiger partial charge < -0.3 is 10.6 Å². The minimum absolute atomic E-state index is 0.232. The van der Waals surface area contributed by atoms with Gasteiger partial charge in [-0.15, -0.1) is 0 Å². The maximum Gasteiger partial charge on any atom is 0.269 e. The summed E-state index contributed by atoms with van der Waals surface area (Å²) in [7, 11) is -2.29. The van der Waals surface area contributed by atoms with Crippen LogP contribution in [0.5, 0.6) is 0 Å². The molecule has 0 radical (unpaired) electrons. The first-order valence-electron chi connectivity index (χ1n) is 9.34. The van der Waals surface area contributed by atoms with Crippen molar-refractivity contribution in [3.05, 3.63) is 77.2 Å². The Balaban J connectivity index is 1.85. The van der Waals surface area contributed by atoms with Gasteiger partial charge in [-0.25, -0.2) is 21.8 Å². The quantitative estimate of drug-likeness (QED) is 0.419. The number of benzene rings is 1. The largest absolute Gasteiger partial charge is 0.353 e. The fraction of sp³-hybridized carbons (Fsp3) is 0.143. The molecule has 4 aromatic rings. The smallest absolute Gasteiger partial charge is 0.269 e. The zero-order valence-corrected chi connectivity index (χ0v) is 18.3. The molecule has 0 saturated carbocycles. The van der Waals surface area contributed by atoms with Crippen LogP contribution in [0.1, 0.15) is 11.3 Å². The summed E-state index contributed by atoms with van der Waals surface area (Å²) < 4.78 is 41.3. The zero-order chi connectivity index (χ0) is 22.2. The molecule has 7 nitrogen and oxygen atoms in total. The number of halogens is 2. The van der Waals surface area contributed by atoms with E-state index in [9.17, 15) is 12.8 Å². The number of nitrogens with zero attached hydrogens (tertiary/aromatic N) is 3. The van der Waals surface area contributed by atoms with Crippen LogP contribution in [-0.2, 0) is 16.6 Å². The number of hydrogen-bond donors (Lipinski definition) is 2. The van der Waals surface area contributed by atoms with E-state index in [1.54, 1.807) is 19.2 Å². The third-order valence-electron chi connectivity index (χ3n) is 4.73. The molecule has 0 aliphatic heterocycles. The van der Waals surface area contributed by atoms with E-state index in [0.717, 1.165) is 39.1 Å². The summed E-state index contributed by atoms with van der Waals surface area (Å²) in [6.07, 6.45) is 3.62. The molecule has 0 spiro atoms. The maximum atomic E-state index is 13.7. The van der Waals surface area contributed by atoms with Crippen LogP contribution in [0.2, 0.25) is 5.15 Å². The SMILES string of the molecule is CNCc1cn(S(=O)(=O)c2cncc(F)c2)c2cc(Nc3ccc(C)nc3Cl)ccc12. The van der Waals surface area contributed by atoms with Crippen LogP contribution in [0.3, 0.4) is 0 Å². The van der Waals surface area contributed by atoms with Crippen LogP contribution in [0, 0.1) is 12.7 Å². The van der Waals surface area contributed by atoms with Crippen molar-refractivity contribution in [2.45, 2.75) is 18.4 Å². The average molecular weight is 460 g/mol. The fourth-order valence-electron chi connectivity index (χ4n) is 3.29. The van der Waals surface area contributed by atoms with Gasteiger partial charge in [0.05, 0.1) is 17.4 Å². The standard InChI is InChI=1S/C21H19ClFN5O2S/c1-13-3-6-19(21(22)26-13)27-16-4-5-18-14(9-24-2)12-28(20(18)8-16)31(29,30)17-7-15(23)10-25-11-17/h3-8,10-12,24,27H,9H2,1-2H3. The first-order valence-corrected chi connectivity index (χ1v) is 11.2. The molecule has 0 saturated heterocycles. The summed E-state index contributed by atoms with van der Waals surface area (Å²) in [6, 6.07) is 9.94. The van der Waals surface area contributed by atoms with E-state index >= 15 is 0 Å². The lowest BCUT2D eigenvalue weighted by molar-refractivity contribution is 0.582. The van der Waals surface area contributed by atoms with Gasteiger partial charge in [0.1, 0.15) is 10.7 Å². The van der Waals surface area contributed by atoms with Crippen molar-refractivity contribution in [1.82, 2.24) is 19.3 Å². The van der Waals surface area contributed by atoms with Gasteiger partial charge in [0, 0.05) is 35.7 Å². The molecule has 0 bridgehead atoms. The Morgan fingerprint density at radius 1 is 1.16 bits per heavy atom. The molecular formula is C21H19ClFN5O2S. The number of pyridine rings is 2. The minimum Gasteiger partial charge on any atom is -0.353 e. The molecule has 4 rings (SSSR count). The van der Waals surface area contributed by atoms with Gasteiger partial charge in [0.15, 0.2) is 5.15 Å². The van der Waals surface area contributed by atoms with Crippen LogP contribution in [-0.4, -0.2) is 29.4 Å². The van der Waals surface area contributed by atoms with Crippen molar-refractivity contribution in [2.75, 3.05) is 12.4 Å². The topological polar surface area (TPSA) is 88.9 Å². The van der Waals surface area contributed by atoms with Gasteiger partial charge in [0.25, 0.3) is 10.0 Å². The molecule has 31 heavy (non-hydrogen) atoms. The Morgan fingerprint density at radius 3 is 2.68 bits per heavy atom. The number of aromatic nitrogens is 3. The highest BCUT2D eigenvalue weighted by Gasteiger charge is 2.22. The van der Waals surface area contributed by atoms with E-state index in [0.29, 0.717) is 28.6 Å². The number of anilines is 2. The van der Waals surface area contributed by atoms with E-state index in [2.05, 4.69) is 20.6 Å². The fourth-order valence-corrected chi connectivity index (χ4v) is 4.90. The predicted molar refractivity (Wildman–Crippen MR) is 119 cm³/mol. The number of hydrogen-bond acceptors (Lipinski definition) is 6. The second kappa shape index (κ2) is 8.26. The highest BCUT2D eigenvalue weighted by atomic mass is 35.5. The highest BCUT2D eigenvalue weighted by Crippen LogP contribution is 2.31. The van der Waals surface area contributed by atoms with Crippen LogP contribution >= 0.6 is 11.6 Å². The molecule has 10 heteroatoms. The zero-order valence-electron chi connectivity index (χ0n) is 16.7. The summed E-state index contributed by atoms with van der Waals surface area (Å²) in [5.41, 5.74) is 3.23.